The monoisotopic (exact) mass is 587 g/mol. The normalized spacial score (nSPS) is 11.0. The predicted octanol–water partition coefficient (Wildman–Crippen LogP) is 6.99. The summed E-state index contributed by atoms with van der Waals surface area (Å²) in [5.41, 5.74) is 2.47. The highest BCUT2D eigenvalue weighted by atomic mass is 32.2. The molecule has 3 N–H and O–H groups in total. The molecule has 0 saturated carbocycles. The van der Waals surface area contributed by atoms with Gasteiger partial charge in [-0.3, -0.25) is 14.4 Å². The number of fused-ring (bicyclic) bond motifs is 1. The Bertz CT molecular complexity index is 1790. The van der Waals surface area contributed by atoms with Crippen LogP contribution >= 0.6 is 11.8 Å². The first-order valence-corrected chi connectivity index (χ1v) is 14.5. The molecule has 7 nitrogen and oxygen atoms in total. The molecule has 0 unspecified atom stereocenters. The lowest BCUT2D eigenvalue weighted by Crippen LogP contribution is -2.30. The first-order chi connectivity index (χ1) is 21.0. The van der Waals surface area contributed by atoms with Crippen LogP contribution in [-0.2, 0) is 9.59 Å². The zero-order valence-electron chi connectivity index (χ0n) is 23.4. The van der Waals surface area contributed by atoms with Crippen LogP contribution in [0.25, 0.3) is 16.8 Å². The van der Waals surface area contributed by atoms with Crippen molar-refractivity contribution in [3.63, 3.8) is 0 Å². The van der Waals surface area contributed by atoms with Gasteiger partial charge in [0.2, 0.25) is 5.91 Å². The molecule has 0 atom stereocenters. The van der Waals surface area contributed by atoms with Gasteiger partial charge in [-0.05, 0) is 77.0 Å². The van der Waals surface area contributed by atoms with E-state index in [-0.39, 0.29) is 17.4 Å². The Balaban J connectivity index is 1.25. The lowest BCUT2D eigenvalue weighted by molar-refractivity contribution is -0.114. The van der Waals surface area contributed by atoms with Crippen LogP contribution in [0.2, 0.25) is 0 Å². The maximum absolute atomic E-state index is 13.4. The fourth-order valence-corrected chi connectivity index (χ4v) is 5.04. The van der Waals surface area contributed by atoms with Gasteiger partial charge in [0, 0.05) is 21.8 Å². The van der Waals surface area contributed by atoms with E-state index in [1.165, 1.54) is 11.8 Å². The molecule has 0 aromatic heterocycles. The molecule has 0 fully saturated rings. The molecule has 0 aliphatic rings. The van der Waals surface area contributed by atoms with Crippen molar-refractivity contribution >= 4 is 57.7 Å². The summed E-state index contributed by atoms with van der Waals surface area (Å²) in [4.78, 5) is 39.8. The third-order valence-corrected chi connectivity index (χ3v) is 7.44. The van der Waals surface area contributed by atoms with E-state index in [0.717, 1.165) is 21.4 Å². The molecule has 5 rings (SSSR count). The van der Waals surface area contributed by atoms with Gasteiger partial charge in [-0.25, -0.2) is 0 Å². The molecule has 0 spiro atoms. The molecule has 0 aliphatic carbocycles. The highest BCUT2D eigenvalue weighted by Gasteiger charge is 2.16. The third kappa shape index (κ3) is 8.12. The summed E-state index contributed by atoms with van der Waals surface area (Å²) in [6, 6.07) is 36.8. The molecule has 5 aromatic rings. The topological polar surface area (TPSA) is 96.5 Å². The predicted molar refractivity (Wildman–Crippen MR) is 173 cm³/mol. The SMILES string of the molecule is COc1ccc(/C=C(/NC(=O)c2ccccc2)C(=O)Nc2cccc(SCC(=O)Nc3ccc4ccccc4c3)c2)cc1. The fourth-order valence-electron chi connectivity index (χ4n) is 4.28. The van der Waals surface area contributed by atoms with Crippen LogP contribution in [0, 0.1) is 0 Å². The molecular weight excluding hydrogens is 558 g/mol. The lowest BCUT2D eigenvalue weighted by atomic mass is 10.1. The Morgan fingerprint density at radius 1 is 0.721 bits per heavy atom. The summed E-state index contributed by atoms with van der Waals surface area (Å²) < 4.78 is 5.22. The quantitative estimate of drug-likeness (QED) is 0.121. The van der Waals surface area contributed by atoms with Gasteiger partial charge >= 0.3 is 0 Å². The van der Waals surface area contributed by atoms with E-state index in [1.807, 2.05) is 54.6 Å². The summed E-state index contributed by atoms with van der Waals surface area (Å²) in [5.74, 6) is -0.159. The number of rotatable bonds is 10. The zero-order chi connectivity index (χ0) is 30.0. The molecule has 0 radical (unpaired) electrons. The second kappa shape index (κ2) is 14.0. The summed E-state index contributed by atoms with van der Waals surface area (Å²) in [5, 5.41) is 10.7. The third-order valence-electron chi connectivity index (χ3n) is 6.45. The number of amides is 3. The number of methoxy groups -OCH3 is 1. The molecule has 5 aromatic carbocycles. The van der Waals surface area contributed by atoms with E-state index in [9.17, 15) is 14.4 Å². The minimum absolute atomic E-state index is 0.0758. The Hall–Kier alpha value is -5.34. The summed E-state index contributed by atoms with van der Waals surface area (Å²) in [6.45, 7) is 0. The average molecular weight is 588 g/mol. The van der Waals surface area contributed by atoms with Crippen LogP contribution in [0.4, 0.5) is 11.4 Å². The van der Waals surface area contributed by atoms with Gasteiger partial charge in [-0.2, -0.15) is 0 Å². The Morgan fingerprint density at radius 2 is 1.44 bits per heavy atom. The van der Waals surface area contributed by atoms with Crippen LogP contribution in [0.3, 0.4) is 0 Å². The number of ether oxygens (including phenoxy) is 1. The van der Waals surface area contributed by atoms with Crippen molar-refractivity contribution in [1.29, 1.82) is 0 Å². The van der Waals surface area contributed by atoms with Crippen LogP contribution < -0.4 is 20.7 Å². The van der Waals surface area contributed by atoms with Crippen LogP contribution in [0.15, 0.2) is 132 Å². The van der Waals surface area contributed by atoms with Gasteiger partial charge in [-0.1, -0.05) is 66.7 Å². The summed E-state index contributed by atoms with van der Waals surface area (Å²) >= 11 is 1.36. The van der Waals surface area contributed by atoms with Gasteiger partial charge in [0.25, 0.3) is 11.8 Å². The van der Waals surface area contributed by atoms with Gasteiger partial charge in [0.05, 0.1) is 12.9 Å². The molecule has 0 aliphatic heterocycles. The number of hydrogen-bond donors (Lipinski definition) is 3. The molecule has 8 heteroatoms. The van der Waals surface area contributed by atoms with Crippen LogP contribution in [-0.4, -0.2) is 30.6 Å². The van der Waals surface area contributed by atoms with Gasteiger partial charge in [0.1, 0.15) is 11.4 Å². The van der Waals surface area contributed by atoms with E-state index in [0.29, 0.717) is 22.6 Å². The van der Waals surface area contributed by atoms with E-state index in [2.05, 4.69) is 16.0 Å². The highest BCUT2D eigenvalue weighted by molar-refractivity contribution is 8.00. The molecule has 0 saturated heterocycles. The maximum atomic E-state index is 13.4. The van der Waals surface area contributed by atoms with Crippen molar-refractivity contribution in [2.45, 2.75) is 4.90 Å². The Kier molecular flexibility index (Phi) is 9.51. The number of carbonyl (C=O) groups is 3. The van der Waals surface area contributed by atoms with E-state index in [4.69, 9.17) is 4.74 Å². The minimum Gasteiger partial charge on any atom is -0.497 e. The van der Waals surface area contributed by atoms with Crippen molar-refractivity contribution in [3.8, 4) is 5.75 Å². The molecule has 3 amide bonds. The minimum atomic E-state index is -0.490. The molecule has 0 bridgehead atoms. The maximum Gasteiger partial charge on any atom is 0.272 e. The second-order valence-corrected chi connectivity index (χ2v) is 10.6. The molecular formula is C35H29N3O4S. The van der Waals surface area contributed by atoms with Crippen molar-refractivity contribution in [1.82, 2.24) is 5.32 Å². The Morgan fingerprint density at radius 3 is 2.21 bits per heavy atom. The number of hydrogen-bond acceptors (Lipinski definition) is 5. The second-order valence-electron chi connectivity index (χ2n) is 9.53. The average Bonchev–Trinajstić information content (AvgIpc) is 3.04. The van der Waals surface area contributed by atoms with Gasteiger partial charge < -0.3 is 20.7 Å². The van der Waals surface area contributed by atoms with Crippen molar-refractivity contribution in [2.75, 3.05) is 23.5 Å². The van der Waals surface area contributed by atoms with Crippen LogP contribution in [0.5, 0.6) is 5.75 Å². The number of anilines is 2. The largest absolute Gasteiger partial charge is 0.497 e. The first kappa shape index (κ1) is 29.2. The zero-order valence-corrected chi connectivity index (χ0v) is 24.2. The summed E-state index contributed by atoms with van der Waals surface area (Å²) in [7, 11) is 1.58. The lowest BCUT2D eigenvalue weighted by Gasteiger charge is -2.12. The molecule has 43 heavy (non-hydrogen) atoms. The number of benzene rings is 5. The fraction of sp³-hybridized carbons (Fsp3) is 0.0571. The first-order valence-electron chi connectivity index (χ1n) is 13.5. The van der Waals surface area contributed by atoms with E-state index < -0.39 is 11.8 Å². The standard InChI is InChI=1S/C35H29N3O4S/c1-42-30-18-14-24(15-19-30)20-32(38-34(40)26-9-3-2-4-10-26)35(41)37-28-12-7-13-31(22-28)43-23-33(39)36-29-17-16-25-8-5-6-11-27(25)21-29/h2-22H,23H2,1H3,(H,36,39)(H,37,41)(H,38,40)/b32-20+. The number of carbonyl (C=O) groups excluding carboxylic acids is 3. The van der Waals surface area contributed by atoms with Gasteiger partial charge in [0.15, 0.2) is 0 Å². The van der Waals surface area contributed by atoms with Gasteiger partial charge in [-0.15, -0.1) is 11.8 Å². The number of nitrogens with one attached hydrogen (secondary N) is 3. The molecule has 0 heterocycles. The van der Waals surface area contributed by atoms with Crippen LogP contribution in [0.1, 0.15) is 15.9 Å². The summed E-state index contributed by atoms with van der Waals surface area (Å²) in [6.07, 6.45) is 1.60. The number of thioether (sulfide) groups is 1. The smallest absolute Gasteiger partial charge is 0.272 e. The molecule has 214 valence electrons. The van der Waals surface area contributed by atoms with Crippen molar-refractivity contribution in [3.05, 3.63) is 138 Å². The van der Waals surface area contributed by atoms with Crippen molar-refractivity contribution < 1.29 is 19.1 Å². The Labute approximate surface area is 254 Å². The van der Waals surface area contributed by atoms with Crippen molar-refractivity contribution in [2.24, 2.45) is 0 Å². The van der Waals surface area contributed by atoms with E-state index >= 15 is 0 Å². The van der Waals surface area contributed by atoms with E-state index in [1.54, 1.807) is 79.9 Å². The highest BCUT2D eigenvalue weighted by Crippen LogP contribution is 2.24.